The van der Waals surface area contributed by atoms with Crippen LogP contribution in [0.1, 0.15) is 50.2 Å². The Morgan fingerprint density at radius 3 is 2.35 bits per heavy atom. The third-order valence-corrected chi connectivity index (χ3v) is 3.43. The van der Waals surface area contributed by atoms with Crippen LogP contribution in [-0.2, 0) is 18.4 Å². The minimum Gasteiger partial charge on any atom is -0.244 e. The number of hydrogen-bond acceptors (Lipinski definition) is 3. The van der Waals surface area contributed by atoms with Crippen LogP contribution in [0.15, 0.2) is 24.3 Å². The van der Waals surface area contributed by atoms with Crippen LogP contribution in [0.25, 0.3) is 0 Å². The molecule has 0 amide bonds. The van der Waals surface area contributed by atoms with Crippen molar-refractivity contribution in [3.63, 3.8) is 0 Å². The Morgan fingerprint density at radius 2 is 1.85 bits per heavy atom. The maximum Gasteiger partial charge on any atom is 0.185 e. The lowest BCUT2D eigenvalue weighted by atomic mass is 9.87. The minimum absolute atomic E-state index is 0.161. The summed E-state index contributed by atoms with van der Waals surface area (Å²) >= 11 is 0. The third kappa shape index (κ3) is 2.88. The van der Waals surface area contributed by atoms with E-state index in [9.17, 15) is 0 Å². The first-order chi connectivity index (χ1) is 9.45. The van der Waals surface area contributed by atoms with Gasteiger partial charge in [-0.3, -0.25) is 0 Å². The summed E-state index contributed by atoms with van der Waals surface area (Å²) in [4.78, 5) is 0. The molecule has 0 atom stereocenters. The van der Waals surface area contributed by atoms with E-state index in [-0.39, 0.29) is 5.41 Å². The first-order valence-electron chi connectivity index (χ1n) is 6.87. The van der Waals surface area contributed by atoms with E-state index in [0.717, 1.165) is 12.1 Å². The number of benzene rings is 1. The van der Waals surface area contributed by atoms with Gasteiger partial charge in [-0.1, -0.05) is 57.2 Å². The SMILES string of the molecule is CCc1c(C#N)nnn1Cc1ccc(C(C)(C)C)cc1. The lowest BCUT2D eigenvalue weighted by molar-refractivity contribution is 0.588. The number of hydrogen-bond donors (Lipinski definition) is 0. The molecule has 0 spiro atoms. The van der Waals surface area contributed by atoms with Gasteiger partial charge in [-0.05, 0) is 23.0 Å². The summed E-state index contributed by atoms with van der Waals surface area (Å²) in [7, 11) is 0. The van der Waals surface area contributed by atoms with Crippen LogP contribution in [0.2, 0.25) is 0 Å². The predicted octanol–water partition coefficient (Wildman–Crippen LogP) is 3.06. The van der Waals surface area contributed by atoms with Crippen molar-refractivity contribution in [3.05, 3.63) is 46.8 Å². The third-order valence-electron chi connectivity index (χ3n) is 3.43. The van der Waals surface area contributed by atoms with E-state index in [4.69, 9.17) is 5.26 Å². The Morgan fingerprint density at radius 1 is 1.20 bits per heavy atom. The van der Waals surface area contributed by atoms with Gasteiger partial charge in [0.15, 0.2) is 5.69 Å². The van der Waals surface area contributed by atoms with Crippen LogP contribution in [0.3, 0.4) is 0 Å². The van der Waals surface area contributed by atoms with Crippen LogP contribution in [0, 0.1) is 11.3 Å². The topological polar surface area (TPSA) is 54.5 Å². The highest BCUT2D eigenvalue weighted by Gasteiger charge is 2.14. The van der Waals surface area contributed by atoms with Crippen molar-refractivity contribution in [2.24, 2.45) is 0 Å². The van der Waals surface area contributed by atoms with Crippen LogP contribution in [-0.4, -0.2) is 15.0 Å². The summed E-state index contributed by atoms with van der Waals surface area (Å²) in [5.74, 6) is 0. The molecule has 0 aliphatic carbocycles. The van der Waals surface area contributed by atoms with Crippen molar-refractivity contribution in [3.8, 4) is 6.07 Å². The molecule has 2 rings (SSSR count). The quantitative estimate of drug-likeness (QED) is 0.859. The van der Waals surface area contributed by atoms with Crippen LogP contribution < -0.4 is 0 Å². The molecule has 0 N–H and O–H groups in total. The lowest BCUT2D eigenvalue weighted by Crippen LogP contribution is -2.11. The second-order valence-electron chi connectivity index (χ2n) is 5.95. The van der Waals surface area contributed by atoms with E-state index in [2.05, 4.69) is 61.4 Å². The number of aromatic nitrogens is 3. The van der Waals surface area contributed by atoms with Gasteiger partial charge in [0.25, 0.3) is 0 Å². The smallest absolute Gasteiger partial charge is 0.185 e. The van der Waals surface area contributed by atoms with Crippen molar-refractivity contribution < 1.29 is 0 Å². The largest absolute Gasteiger partial charge is 0.244 e. The van der Waals surface area contributed by atoms with Gasteiger partial charge in [0, 0.05) is 0 Å². The summed E-state index contributed by atoms with van der Waals surface area (Å²) in [5, 5.41) is 17.0. The van der Waals surface area contributed by atoms with E-state index in [1.165, 1.54) is 11.1 Å². The second-order valence-corrected chi connectivity index (χ2v) is 5.95. The molecule has 4 nitrogen and oxygen atoms in total. The monoisotopic (exact) mass is 268 g/mol. The molecule has 0 aliphatic rings. The molecule has 0 saturated carbocycles. The molecule has 0 aliphatic heterocycles. The highest BCUT2D eigenvalue weighted by atomic mass is 15.4. The normalized spacial score (nSPS) is 11.3. The van der Waals surface area contributed by atoms with E-state index in [1.807, 2.05) is 11.6 Å². The highest BCUT2D eigenvalue weighted by molar-refractivity contribution is 5.29. The molecule has 0 saturated heterocycles. The summed E-state index contributed by atoms with van der Waals surface area (Å²) in [6.45, 7) is 9.27. The van der Waals surface area contributed by atoms with Gasteiger partial charge in [-0.15, -0.1) is 5.10 Å². The zero-order valence-electron chi connectivity index (χ0n) is 12.5. The molecule has 1 heterocycles. The summed E-state index contributed by atoms with van der Waals surface area (Å²) < 4.78 is 1.81. The fraction of sp³-hybridized carbons (Fsp3) is 0.438. The van der Waals surface area contributed by atoms with E-state index >= 15 is 0 Å². The second kappa shape index (κ2) is 5.46. The highest BCUT2D eigenvalue weighted by Crippen LogP contribution is 2.22. The molecule has 20 heavy (non-hydrogen) atoms. The van der Waals surface area contributed by atoms with E-state index < -0.39 is 0 Å². The Kier molecular flexibility index (Phi) is 3.89. The van der Waals surface area contributed by atoms with Gasteiger partial charge >= 0.3 is 0 Å². The van der Waals surface area contributed by atoms with Crippen molar-refractivity contribution >= 4 is 0 Å². The fourth-order valence-corrected chi connectivity index (χ4v) is 2.18. The Labute approximate surface area is 120 Å². The zero-order chi connectivity index (χ0) is 14.8. The fourth-order valence-electron chi connectivity index (χ4n) is 2.18. The molecule has 1 aromatic heterocycles. The molecule has 0 fully saturated rings. The Hall–Kier alpha value is -2.15. The molecule has 1 aromatic carbocycles. The van der Waals surface area contributed by atoms with E-state index in [0.29, 0.717) is 12.2 Å². The molecule has 104 valence electrons. The van der Waals surface area contributed by atoms with Crippen molar-refractivity contribution in [2.75, 3.05) is 0 Å². The summed E-state index contributed by atoms with van der Waals surface area (Å²) in [6, 6.07) is 10.6. The predicted molar refractivity (Wildman–Crippen MR) is 78.4 cm³/mol. The van der Waals surface area contributed by atoms with Crippen LogP contribution >= 0.6 is 0 Å². The van der Waals surface area contributed by atoms with Gasteiger partial charge in [-0.2, -0.15) is 5.26 Å². The average Bonchev–Trinajstić information content (AvgIpc) is 2.80. The molecule has 0 bridgehead atoms. The number of rotatable bonds is 3. The molecule has 0 unspecified atom stereocenters. The average molecular weight is 268 g/mol. The number of nitriles is 1. The minimum atomic E-state index is 0.161. The Balaban J connectivity index is 2.23. The maximum absolute atomic E-state index is 8.99. The molecular formula is C16H20N4. The van der Waals surface area contributed by atoms with Crippen LogP contribution in [0.4, 0.5) is 0 Å². The lowest BCUT2D eigenvalue weighted by Gasteiger charge is -2.19. The molecular weight excluding hydrogens is 248 g/mol. The van der Waals surface area contributed by atoms with Crippen molar-refractivity contribution in [1.82, 2.24) is 15.0 Å². The summed E-state index contributed by atoms with van der Waals surface area (Å²) in [6.07, 6.45) is 0.760. The van der Waals surface area contributed by atoms with Crippen LogP contribution in [0.5, 0.6) is 0 Å². The molecule has 4 heteroatoms. The first-order valence-corrected chi connectivity index (χ1v) is 6.87. The summed E-state index contributed by atoms with van der Waals surface area (Å²) in [5.41, 5.74) is 3.97. The van der Waals surface area contributed by atoms with E-state index in [1.54, 1.807) is 0 Å². The van der Waals surface area contributed by atoms with Gasteiger partial charge in [-0.25, -0.2) is 4.68 Å². The van der Waals surface area contributed by atoms with Gasteiger partial charge < -0.3 is 0 Å². The zero-order valence-corrected chi connectivity index (χ0v) is 12.5. The van der Waals surface area contributed by atoms with Crippen molar-refractivity contribution in [1.29, 1.82) is 5.26 Å². The molecule has 0 radical (unpaired) electrons. The van der Waals surface area contributed by atoms with Gasteiger partial charge in [0.05, 0.1) is 12.2 Å². The Bertz CT molecular complexity index is 624. The van der Waals surface area contributed by atoms with Gasteiger partial charge in [0.2, 0.25) is 0 Å². The van der Waals surface area contributed by atoms with Gasteiger partial charge in [0.1, 0.15) is 6.07 Å². The number of nitrogens with zero attached hydrogens (tertiary/aromatic N) is 4. The molecule has 2 aromatic rings. The maximum atomic E-state index is 8.99. The first kappa shape index (κ1) is 14.3. The standard InChI is InChI=1S/C16H20N4/c1-5-15-14(10-17)18-19-20(15)11-12-6-8-13(9-7-12)16(2,3)4/h6-9H,5,11H2,1-4H3. The van der Waals surface area contributed by atoms with Crippen molar-refractivity contribution in [2.45, 2.75) is 46.1 Å².